The van der Waals surface area contributed by atoms with E-state index in [4.69, 9.17) is 15.0 Å². The molecule has 0 bridgehead atoms. The summed E-state index contributed by atoms with van der Waals surface area (Å²) in [6.07, 6.45) is 0. The van der Waals surface area contributed by atoms with Crippen molar-refractivity contribution in [2.45, 2.75) is 0 Å². The Labute approximate surface area is 274 Å². The molecule has 0 saturated heterocycles. The Morgan fingerprint density at radius 3 is 1.58 bits per heavy atom. The monoisotopic (exact) mass is 613 g/mol. The predicted octanol–water partition coefficient (Wildman–Crippen LogP) is 9.14. The van der Waals surface area contributed by atoms with Crippen molar-refractivity contribution < 1.29 is 0 Å². The molecule has 0 fully saturated rings. The first-order valence-electron chi connectivity index (χ1n) is 15.5. The fraction of sp³-hybridized carbons (Fsp3) is 0. The van der Waals surface area contributed by atoms with Gasteiger partial charge in [-0.15, -0.1) is 0 Å². The summed E-state index contributed by atoms with van der Waals surface area (Å²) in [7, 11) is 0. The van der Waals surface area contributed by atoms with Crippen LogP contribution < -0.4 is 0 Å². The lowest BCUT2D eigenvalue weighted by molar-refractivity contribution is 0.951. The van der Waals surface area contributed by atoms with E-state index in [0.29, 0.717) is 28.7 Å². The number of para-hydroxylation sites is 5. The fourth-order valence-corrected chi connectivity index (χ4v) is 6.83. The van der Waals surface area contributed by atoms with Crippen molar-refractivity contribution in [1.29, 1.82) is 10.5 Å². The van der Waals surface area contributed by atoms with E-state index in [-0.39, 0.29) is 0 Å². The average molecular weight is 614 g/mol. The van der Waals surface area contributed by atoms with Gasteiger partial charge < -0.3 is 4.57 Å². The zero-order chi connectivity index (χ0) is 32.2. The lowest BCUT2D eigenvalue weighted by atomic mass is 10.1. The van der Waals surface area contributed by atoms with Crippen LogP contribution in [0.4, 0.5) is 0 Å². The quantitative estimate of drug-likeness (QED) is 0.197. The molecule has 0 aliphatic heterocycles. The van der Waals surface area contributed by atoms with E-state index < -0.39 is 0 Å². The summed E-state index contributed by atoms with van der Waals surface area (Å²) in [4.78, 5) is 15.3. The number of nitrogens with zero attached hydrogens (tertiary/aromatic N) is 7. The minimum absolute atomic E-state index is 0.468. The van der Waals surface area contributed by atoms with E-state index in [1.807, 2.05) is 120 Å². The minimum atomic E-state index is 0.468. The number of hydrogen-bond acceptors (Lipinski definition) is 5. The molecule has 0 aliphatic carbocycles. The van der Waals surface area contributed by atoms with Gasteiger partial charge in [0, 0.05) is 32.7 Å². The van der Waals surface area contributed by atoms with Crippen LogP contribution >= 0.6 is 0 Å². The van der Waals surface area contributed by atoms with Gasteiger partial charge in [0.25, 0.3) is 0 Å². The topological polar surface area (TPSA) is 96.1 Å². The number of aromatic nitrogens is 5. The Morgan fingerprint density at radius 2 is 0.958 bits per heavy atom. The van der Waals surface area contributed by atoms with Gasteiger partial charge in [0.15, 0.2) is 11.6 Å². The molecule has 0 aliphatic rings. The molecule has 7 nitrogen and oxygen atoms in total. The standard InChI is InChI=1S/C41H23N7/c42-24-27-14-10-19-31-32-20-11-15-28(25-43)38(32)48(37(27)31)36-23-9-6-18-33(36)40-44-39(26-12-2-1-3-13-26)45-41(46-40)47-34-21-7-4-16-29(34)30-17-5-8-22-35(30)47/h1-23H. The third-order valence-corrected chi connectivity index (χ3v) is 8.87. The molecule has 3 aromatic heterocycles. The number of nitriles is 2. The highest BCUT2D eigenvalue weighted by Gasteiger charge is 2.23. The third kappa shape index (κ3) is 4.02. The van der Waals surface area contributed by atoms with Crippen LogP contribution in [-0.2, 0) is 0 Å². The Hall–Kier alpha value is -7.09. The SMILES string of the molecule is N#Cc1cccc2c3cccc(C#N)c3n(-c3ccccc3-c3nc(-c4ccccc4)nc(-n4c5ccccc5c5ccccc54)n3)c12. The summed E-state index contributed by atoms with van der Waals surface area (Å²) >= 11 is 0. The van der Waals surface area contributed by atoms with Crippen LogP contribution in [0.5, 0.6) is 0 Å². The van der Waals surface area contributed by atoms with Gasteiger partial charge in [-0.25, -0.2) is 4.98 Å². The maximum Gasteiger partial charge on any atom is 0.238 e. The molecule has 9 aromatic rings. The number of fused-ring (bicyclic) bond motifs is 6. The molecule has 7 heteroatoms. The molecule has 0 unspecified atom stereocenters. The maximum atomic E-state index is 10.3. The fourth-order valence-electron chi connectivity index (χ4n) is 6.83. The first-order valence-corrected chi connectivity index (χ1v) is 15.5. The second-order valence-corrected chi connectivity index (χ2v) is 11.5. The Morgan fingerprint density at radius 1 is 0.438 bits per heavy atom. The van der Waals surface area contributed by atoms with Crippen LogP contribution in [-0.4, -0.2) is 24.1 Å². The molecule has 3 heterocycles. The summed E-state index contributed by atoms with van der Waals surface area (Å²) in [5.74, 6) is 1.49. The zero-order valence-corrected chi connectivity index (χ0v) is 25.4. The van der Waals surface area contributed by atoms with Gasteiger partial charge in [-0.2, -0.15) is 20.5 Å². The van der Waals surface area contributed by atoms with Gasteiger partial charge in [0.05, 0.1) is 38.9 Å². The van der Waals surface area contributed by atoms with Crippen molar-refractivity contribution in [3.05, 3.63) is 151 Å². The normalized spacial score (nSPS) is 11.3. The molecule has 6 aromatic carbocycles. The van der Waals surface area contributed by atoms with E-state index in [0.717, 1.165) is 60.4 Å². The number of hydrogen-bond donors (Lipinski definition) is 0. The molecule has 0 N–H and O–H groups in total. The summed E-state index contributed by atoms with van der Waals surface area (Å²) in [6.45, 7) is 0. The molecule has 0 amide bonds. The molecular weight excluding hydrogens is 591 g/mol. The van der Waals surface area contributed by atoms with E-state index in [9.17, 15) is 10.5 Å². The number of benzene rings is 6. The average Bonchev–Trinajstić information content (AvgIpc) is 3.68. The highest BCUT2D eigenvalue weighted by Crippen LogP contribution is 2.39. The zero-order valence-electron chi connectivity index (χ0n) is 25.4. The highest BCUT2D eigenvalue weighted by molar-refractivity contribution is 6.13. The first-order chi connectivity index (χ1) is 23.7. The summed E-state index contributed by atoms with van der Waals surface area (Å²) in [5.41, 5.74) is 6.79. The molecule has 48 heavy (non-hydrogen) atoms. The molecule has 222 valence electrons. The van der Waals surface area contributed by atoms with E-state index in [1.165, 1.54) is 0 Å². The molecule has 0 atom stereocenters. The van der Waals surface area contributed by atoms with Crippen molar-refractivity contribution in [3.8, 4) is 46.5 Å². The Kier molecular flexibility index (Phi) is 6.11. The Balaban J connectivity index is 1.40. The van der Waals surface area contributed by atoms with E-state index in [2.05, 4.69) is 41.0 Å². The van der Waals surface area contributed by atoms with Gasteiger partial charge in [-0.3, -0.25) is 4.57 Å². The summed E-state index contributed by atoms with van der Waals surface area (Å²) in [6, 6.07) is 50.4. The molecule has 0 saturated carbocycles. The molecule has 9 rings (SSSR count). The van der Waals surface area contributed by atoms with E-state index >= 15 is 0 Å². The van der Waals surface area contributed by atoms with Gasteiger partial charge in [0.2, 0.25) is 5.95 Å². The van der Waals surface area contributed by atoms with Gasteiger partial charge in [0.1, 0.15) is 12.1 Å². The predicted molar refractivity (Wildman–Crippen MR) is 189 cm³/mol. The smallest absolute Gasteiger partial charge is 0.238 e. The first kappa shape index (κ1) is 27.2. The van der Waals surface area contributed by atoms with Gasteiger partial charge in [-0.1, -0.05) is 103 Å². The Bertz CT molecular complexity index is 2690. The largest absolute Gasteiger partial charge is 0.306 e. The second kappa shape index (κ2) is 10.8. The van der Waals surface area contributed by atoms with Crippen LogP contribution in [0, 0.1) is 22.7 Å². The number of rotatable bonds is 4. The van der Waals surface area contributed by atoms with Crippen LogP contribution in [0.3, 0.4) is 0 Å². The highest BCUT2D eigenvalue weighted by atomic mass is 15.2. The summed E-state index contributed by atoms with van der Waals surface area (Å²) in [5, 5.41) is 24.5. The molecule has 0 radical (unpaired) electrons. The lowest BCUT2D eigenvalue weighted by Crippen LogP contribution is -2.08. The van der Waals surface area contributed by atoms with Crippen LogP contribution in [0.1, 0.15) is 11.1 Å². The van der Waals surface area contributed by atoms with Crippen LogP contribution in [0.25, 0.3) is 78.0 Å². The lowest BCUT2D eigenvalue weighted by Gasteiger charge is -2.16. The van der Waals surface area contributed by atoms with Gasteiger partial charge in [-0.05, 0) is 36.4 Å². The van der Waals surface area contributed by atoms with Crippen molar-refractivity contribution in [2.75, 3.05) is 0 Å². The summed E-state index contributed by atoms with van der Waals surface area (Å²) < 4.78 is 4.11. The third-order valence-electron chi connectivity index (χ3n) is 8.87. The van der Waals surface area contributed by atoms with Crippen molar-refractivity contribution in [2.24, 2.45) is 0 Å². The van der Waals surface area contributed by atoms with Crippen molar-refractivity contribution in [1.82, 2.24) is 24.1 Å². The maximum absolute atomic E-state index is 10.3. The minimum Gasteiger partial charge on any atom is -0.306 e. The molecule has 0 spiro atoms. The van der Waals surface area contributed by atoms with Crippen LogP contribution in [0.2, 0.25) is 0 Å². The van der Waals surface area contributed by atoms with Crippen LogP contribution in [0.15, 0.2) is 140 Å². The van der Waals surface area contributed by atoms with Gasteiger partial charge >= 0.3 is 0 Å². The van der Waals surface area contributed by atoms with Crippen molar-refractivity contribution in [3.63, 3.8) is 0 Å². The van der Waals surface area contributed by atoms with Crippen molar-refractivity contribution >= 4 is 43.6 Å². The molecular formula is C41H23N7. The van der Waals surface area contributed by atoms with E-state index in [1.54, 1.807) is 0 Å². The second-order valence-electron chi connectivity index (χ2n) is 11.5.